The maximum absolute atomic E-state index is 12.7. The molecule has 9 heteroatoms. The Morgan fingerprint density at radius 1 is 1.26 bits per heavy atom. The first kappa shape index (κ1) is 18.0. The number of rotatable bonds is 8. The van der Waals surface area contributed by atoms with Gasteiger partial charge in [-0.1, -0.05) is 0 Å². The van der Waals surface area contributed by atoms with Gasteiger partial charge in [-0.15, -0.1) is 0 Å². The molecule has 0 unspecified atom stereocenters. The molecule has 0 saturated heterocycles. The lowest BCUT2D eigenvalue weighted by Crippen LogP contribution is -2.41. The maximum atomic E-state index is 12.7. The third kappa shape index (κ3) is 6.06. The number of ketones is 1. The molecule has 1 aromatic carbocycles. The largest absolute Gasteiger partial charge is 0.485 e. The van der Waals surface area contributed by atoms with E-state index in [-0.39, 0.29) is 12.4 Å². The highest BCUT2D eigenvalue weighted by atomic mass is 19.1. The van der Waals surface area contributed by atoms with Crippen molar-refractivity contribution in [3.63, 3.8) is 0 Å². The second kappa shape index (κ2) is 9.06. The van der Waals surface area contributed by atoms with Crippen LogP contribution in [0.5, 0.6) is 5.75 Å². The third-order valence-corrected chi connectivity index (χ3v) is 2.46. The normalized spacial score (nSPS) is 9.48. The maximum Gasteiger partial charge on any atom is 0.425 e. The Balaban J connectivity index is 2.54. The van der Waals surface area contributed by atoms with Crippen molar-refractivity contribution in [2.75, 3.05) is 19.8 Å². The van der Waals surface area contributed by atoms with Crippen molar-refractivity contribution in [3.05, 3.63) is 35.6 Å². The average molecular weight is 323 g/mol. The molecule has 1 N–H and O–H groups in total. The molecule has 0 saturated carbocycles. The number of ether oxygens (including phenoxy) is 2. The van der Waals surface area contributed by atoms with Crippen LogP contribution in [-0.4, -0.2) is 47.9 Å². The van der Waals surface area contributed by atoms with E-state index in [9.17, 15) is 18.8 Å². The van der Waals surface area contributed by atoms with Crippen LogP contribution >= 0.6 is 0 Å². The van der Waals surface area contributed by atoms with Crippen LogP contribution in [0.4, 0.5) is 4.39 Å². The molecule has 122 valence electrons. The van der Waals surface area contributed by atoms with E-state index in [0.717, 1.165) is 12.1 Å². The summed E-state index contributed by atoms with van der Waals surface area (Å²) in [6, 6.07) is 4.85. The van der Waals surface area contributed by atoms with Crippen molar-refractivity contribution in [1.82, 2.24) is 5.32 Å². The lowest BCUT2D eigenvalue weighted by atomic mass is 10.2. The van der Waals surface area contributed by atoms with Crippen LogP contribution in [0.15, 0.2) is 24.3 Å². The number of amides is 1. The number of nitrogens with zero attached hydrogens (tertiary/aromatic N) is 2. The minimum atomic E-state index is -1.05. The van der Waals surface area contributed by atoms with Crippen molar-refractivity contribution in [2.24, 2.45) is 0 Å². The molecule has 0 fully saturated rings. The zero-order valence-electron chi connectivity index (χ0n) is 12.2. The van der Waals surface area contributed by atoms with E-state index < -0.39 is 42.3 Å². The van der Waals surface area contributed by atoms with Gasteiger partial charge in [-0.25, -0.2) is 4.39 Å². The molecule has 1 amide bonds. The zero-order valence-corrected chi connectivity index (χ0v) is 12.2. The van der Waals surface area contributed by atoms with E-state index >= 15 is 0 Å². The van der Waals surface area contributed by atoms with Gasteiger partial charge in [0.2, 0.25) is 0 Å². The molecule has 0 bridgehead atoms. The van der Waals surface area contributed by atoms with Gasteiger partial charge in [0.05, 0.1) is 6.61 Å². The summed E-state index contributed by atoms with van der Waals surface area (Å²) in [7, 11) is 0. The van der Waals surface area contributed by atoms with Crippen molar-refractivity contribution < 1.29 is 33.0 Å². The summed E-state index contributed by atoms with van der Waals surface area (Å²) >= 11 is 0. The molecule has 8 nitrogen and oxygen atoms in total. The minimum absolute atomic E-state index is 0.139. The Kier molecular flexibility index (Phi) is 7.09. The van der Waals surface area contributed by atoms with E-state index in [4.69, 9.17) is 10.3 Å². The Labute approximate surface area is 130 Å². The van der Waals surface area contributed by atoms with Gasteiger partial charge in [0.1, 0.15) is 18.1 Å². The van der Waals surface area contributed by atoms with Crippen LogP contribution in [0.2, 0.25) is 0 Å². The summed E-state index contributed by atoms with van der Waals surface area (Å²) < 4.78 is 22.3. The molecule has 0 atom stereocenters. The van der Waals surface area contributed by atoms with Gasteiger partial charge in [0.15, 0.2) is 6.61 Å². The molecule has 0 aromatic heterocycles. The summed E-state index contributed by atoms with van der Waals surface area (Å²) in [5.41, 5.74) is 7.93. The molecule has 1 rings (SSSR count). The summed E-state index contributed by atoms with van der Waals surface area (Å²) in [6.45, 7) is 0.659. The Morgan fingerprint density at radius 3 is 2.48 bits per heavy atom. The second-order valence-electron chi connectivity index (χ2n) is 4.10. The van der Waals surface area contributed by atoms with Gasteiger partial charge >= 0.3 is 17.6 Å². The number of carbonyl (C=O) groups is 3. The van der Waals surface area contributed by atoms with Crippen molar-refractivity contribution in [2.45, 2.75) is 6.92 Å². The summed E-state index contributed by atoms with van der Waals surface area (Å²) in [4.78, 5) is 37.1. The summed E-state index contributed by atoms with van der Waals surface area (Å²) in [5, 5.41) is 2.07. The lowest BCUT2D eigenvalue weighted by Gasteiger charge is -2.04. The van der Waals surface area contributed by atoms with Gasteiger partial charge in [0, 0.05) is 0 Å². The highest BCUT2D eigenvalue weighted by molar-refractivity contribution is 6.64. The predicted molar refractivity (Wildman–Crippen MR) is 75.2 cm³/mol. The molecule has 0 aliphatic carbocycles. The van der Waals surface area contributed by atoms with Crippen molar-refractivity contribution in [1.29, 1.82) is 0 Å². The number of carbonyl (C=O) groups excluding carboxylic acids is 3. The predicted octanol–water partition coefficient (Wildman–Crippen LogP) is 0.124. The fraction of sp³-hybridized carbons (Fsp3) is 0.286. The molecule has 0 aliphatic heterocycles. The number of nitrogens with one attached hydrogen (secondary N) is 1. The minimum Gasteiger partial charge on any atom is -0.485 e. The summed E-state index contributed by atoms with van der Waals surface area (Å²) in [5.74, 6) is -2.94. The van der Waals surface area contributed by atoms with Gasteiger partial charge in [-0.2, -0.15) is 4.79 Å². The van der Waals surface area contributed by atoms with Gasteiger partial charge in [0.25, 0.3) is 5.78 Å². The van der Waals surface area contributed by atoms with Crippen LogP contribution in [0, 0.1) is 5.82 Å². The van der Waals surface area contributed by atoms with Gasteiger partial charge in [-0.05, 0) is 31.2 Å². The lowest BCUT2D eigenvalue weighted by molar-refractivity contribution is -0.143. The van der Waals surface area contributed by atoms with Crippen LogP contribution in [0.1, 0.15) is 6.92 Å². The first-order valence-corrected chi connectivity index (χ1v) is 6.55. The fourth-order valence-corrected chi connectivity index (χ4v) is 1.42. The van der Waals surface area contributed by atoms with Crippen LogP contribution in [0.25, 0.3) is 5.53 Å². The van der Waals surface area contributed by atoms with Gasteiger partial charge < -0.3 is 20.3 Å². The SMILES string of the molecule is CCOC(=O)CNC(=O)C(=[N+]=[N-])C(=O)COc1ccc(F)cc1. The van der Waals surface area contributed by atoms with Crippen molar-refractivity contribution in [3.8, 4) is 5.75 Å². The Bertz CT molecular complexity index is 638. The topological polar surface area (TPSA) is 118 Å². The highest BCUT2D eigenvalue weighted by Gasteiger charge is 2.30. The standard InChI is InChI=1S/C14H14FN3O5/c1-2-22-12(20)7-17-14(21)13(18-16)11(19)8-23-10-5-3-9(15)4-6-10/h3-6H,2,7-8H2,1H3,(H,17,21). The average Bonchev–Trinajstić information content (AvgIpc) is 2.53. The molecule has 0 spiro atoms. The smallest absolute Gasteiger partial charge is 0.425 e. The first-order valence-electron chi connectivity index (χ1n) is 6.55. The number of hydrogen-bond acceptors (Lipinski definition) is 5. The zero-order chi connectivity index (χ0) is 17.2. The molecule has 0 aliphatic rings. The van der Waals surface area contributed by atoms with Crippen molar-refractivity contribution >= 4 is 23.4 Å². The third-order valence-electron chi connectivity index (χ3n) is 2.46. The Morgan fingerprint density at radius 2 is 1.91 bits per heavy atom. The molecule has 0 radical (unpaired) electrons. The van der Waals surface area contributed by atoms with E-state index in [0.29, 0.717) is 0 Å². The first-order chi connectivity index (χ1) is 11.0. The Hall–Kier alpha value is -3.06. The second-order valence-corrected chi connectivity index (χ2v) is 4.10. The number of halogens is 1. The molecule has 0 heterocycles. The van der Waals surface area contributed by atoms with E-state index in [2.05, 4.69) is 14.8 Å². The van der Waals surface area contributed by atoms with E-state index in [1.807, 2.05) is 0 Å². The highest BCUT2D eigenvalue weighted by Crippen LogP contribution is 2.10. The van der Waals surface area contributed by atoms with Gasteiger partial charge in [-0.3, -0.25) is 14.4 Å². The molecular weight excluding hydrogens is 309 g/mol. The number of hydrogen-bond donors (Lipinski definition) is 1. The number of benzene rings is 1. The quantitative estimate of drug-likeness (QED) is 0.240. The molecular formula is C14H14FN3O5. The van der Waals surface area contributed by atoms with E-state index in [1.165, 1.54) is 12.1 Å². The molecule has 23 heavy (non-hydrogen) atoms. The number of Topliss-reactive ketones (excluding diaryl/α,β-unsaturated/α-hetero) is 1. The van der Waals surface area contributed by atoms with Crippen LogP contribution < -0.4 is 10.1 Å². The summed E-state index contributed by atoms with van der Waals surface area (Å²) in [6.07, 6.45) is 0. The monoisotopic (exact) mass is 323 g/mol. The van der Waals surface area contributed by atoms with E-state index in [1.54, 1.807) is 6.92 Å². The van der Waals surface area contributed by atoms with Crippen LogP contribution in [0.3, 0.4) is 0 Å². The fourth-order valence-electron chi connectivity index (χ4n) is 1.42. The van der Waals surface area contributed by atoms with Crippen LogP contribution in [-0.2, 0) is 19.1 Å². The number of esters is 1. The molecule has 1 aromatic rings.